The molecule has 21 heavy (non-hydrogen) atoms. The van der Waals surface area contributed by atoms with Gasteiger partial charge in [0.2, 0.25) is 0 Å². The SMILES string of the molecule is CCOC(=O)C(C)NC(=O)c1c[nH]c2cc(Br)c(Br)cc12. The lowest BCUT2D eigenvalue weighted by atomic mass is 10.1. The fourth-order valence-corrected chi connectivity index (χ4v) is 2.59. The zero-order valence-electron chi connectivity index (χ0n) is 11.5. The van der Waals surface area contributed by atoms with Gasteiger partial charge in [0.15, 0.2) is 0 Å². The number of benzene rings is 1. The second-order valence-electron chi connectivity index (χ2n) is 4.46. The van der Waals surface area contributed by atoms with Crippen molar-refractivity contribution in [1.82, 2.24) is 10.3 Å². The number of hydrogen-bond acceptors (Lipinski definition) is 3. The summed E-state index contributed by atoms with van der Waals surface area (Å²) in [7, 11) is 0. The van der Waals surface area contributed by atoms with Gasteiger partial charge in [-0.1, -0.05) is 0 Å². The summed E-state index contributed by atoms with van der Waals surface area (Å²) in [5.41, 5.74) is 1.31. The summed E-state index contributed by atoms with van der Waals surface area (Å²) in [4.78, 5) is 26.9. The first-order valence-corrected chi connectivity index (χ1v) is 7.96. The Morgan fingerprint density at radius 1 is 1.33 bits per heavy atom. The summed E-state index contributed by atoms with van der Waals surface area (Å²) >= 11 is 6.82. The lowest BCUT2D eigenvalue weighted by molar-refractivity contribution is -0.144. The van der Waals surface area contributed by atoms with Gasteiger partial charge in [-0.05, 0) is 57.8 Å². The van der Waals surface area contributed by atoms with Crippen molar-refractivity contribution >= 4 is 54.6 Å². The predicted octanol–water partition coefficient (Wildman–Crippen LogP) is 3.37. The van der Waals surface area contributed by atoms with E-state index in [2.05, 4.69) is 42.2 Å². The van der Waals surface area contributed by atoms with Crippen LogP contribution in [0.5, 0.6) is 0 Å². The molecular formula is C14H14Br2N2O3. The number of hydrogen-bond donors (Lipinski definition) is 2. The predicted molar refractivity (Wildman–Crippen MR) is 87.3 cm³/mol. The number of carbonyl (C=O) groups excluding carboxylic acids is 2. The van der Waals surface area contributed by atoms with Crippen molar-refractivity contribution in [3.05, 3.63) is 32.8 Å². The summed E-state index contributed by atoms with van der Waals surface area (Å²) in [6.45, 7) is 3.60. The normalized spacial score (nSPS) is 12.2. The average molecular weight is 418 g/mol. The monoisotopic (exact) mass is 416 g/mol. The van der Waals surface area contributed by atoms with Crippen LogP contribution in [0.15, 0.2) is 27.3 Å². The van der Waals surface area contributed by atoms with Gasteiger partial charge in [0.05, 0.1) is 12.2 Å². The van der Waals surface area contributed by atoms with Gasteiger partial charge in [0.25, 0.3) is 5.91 Å². The van der Waals surface area contributed by atoms with Crippen molar-refractivity contribution in [3.8, 4) is 0 Å². The Hall–Kier alpha value is -1.34. The molecule has 1 heterocycles. The van der Waals surface area contributed by atoms with E-state index >= 15 is 0 Å². The third kappa shape index (κ3) is 3.47. The highest BCUT2D eigenvalue weighted by Gasteiger charge is 2.20. The van der Waals surface area contributed by atoms with E-state index < -0.39 is 12.0 Å². The molecule has 0 spiro atoms. The van der Waals surface area contributed by atoms with Crippen molar-refractivity contribution in [2.24, 2.45) is 0 Å². The van der Waals surface area contributed by atoms with Crippen LogP contribution in [0.25, 0.3) is 10.9 Å². The molecule has 0 saturated heterocycles. The quantitative estimate of drug-likeness (QED) is 0.749. The number of nitrogens with one attached hydrogen (secondary N) is 2. The van der Waals surface area contributed by atoms with E-state index in [1.165, 1.54) is 0 Å². The third-order valence-electron chi connectivity index (χ3n) is 2.96. The number of amides is 1. The van der Waals surface area contributed by atoms with Gasteiger partial charge in [-0.15, -0.1) is 0 Å². The van der Waals surface area contributed by atoms with Gasteiger partial charge >= 0.3 is 5.97 Å². The molecule has 0 aliphatic heterocycles. The number of esters is 1. The van der Waals surface area contributed by atoms with Crippen molar-refractivity contribution in [2.45, 2.75) is 19.9 Å². The molecule has 5 nitrogen and oxygen atoms in total. The number of carbonyl (C=O) groups is 2. The minimum absolute atomic E-state index is 0.285. The van der Waals surface area contributed by atoms with E-state index in [-0.39, 0.29) is 12.5 Å². The Bertz CT molecular complexity index is 697. The first kappa shape index (κ1) is 16.0. The lowest BCUT2D eigenvalue weighted by Gasteiger charge is -2.12. The largest absolute Gasteiger partial charge is 0.464 e. The van der Waals surface area contributed by atoms with E-state index in [9.17, 15) is 9.59 Å². The maximum atomic E-state index is 12.3. The van der Waals surface area contributed by atoms with E-state index in [1.54, 1.807) is 20.0 Å². The van der Waals surface area contributed by atoms with Gasteiger partial charge in [0.1, 0.15) is 6.04 Å². The molecule has 2 rings (SSSR count). The minimum atomic E-state index is -0.693. The van der Waals surface area contributed by atoms with Crippen molar-refractivity contribution < 1.29 is 14.3 Å². The zero-order chi connectivity index (χ0) is 15.6. The Kier molecular flexibility index (Phi) is 5.05. The molecule has 0 saturated carbocycles. The van der Waals surface area contributed by atoms with Crippen LogP contribution in [-0.2, 0) is 9.53 Å². The van der Waals surface area contributed by atoms with E-state index in [0.717, 1.165) is 19.8 Å². The number of fused-ring (bicyclic) bond motifs is 1. The maximum absolute atomic E-state index is 12.3. The molecule has 0 aliphatic carbocycles. The molecule has 2 N–H and O–H groups in total. The Balaban J connectivity index is 2.24. The standard InChI is InChI=1S/C14H14Br2N2O3/c1-3-21-14(20)7(2)18-13(19)9-6-17-12-5-11(16)10(15)4-8(9)12/h4-7,17H,3H2,1-2H3,(H,18,19). The molecule has 112 valence electrons. The summed E-state index contributed by atoms with van der Waals surface area (Å²) in [6, 6.07) is 3.03. The summed E-state index contributed by atoms with van der Waals surface area (Å²) < 4.78 is 6.61. The Labute approximate surface area is 138 Å². The van der Waals surface area contributed by atoms with E-state index in [0.29, 0.717) is 5.56 Å². The van der Waals surface area contributed by atoms with Gasteiger partial charge in [-0.3, -0.25) is 4.79 Å². The Morgan fingerprint density at radius 2 is 2.00 bits per heavy atom. The molecule has 0 radical (unpaired) electrons. The topological polar surface area (TPSA) is 71.2 Å². The first-order valence-electron chi connectivity index (χ1n) is 6.37. The number of aromatic nitrogens is 1. The highest BCUT2D eigenvalue weighted by molar-refractivity contribution is 9.13. The second-order valence-corrected chi connectivity index (χ2v) is 6.17. The lowest BCUT2D eigenvalue weighted by Crippen LogP contribution is -2.39. The van der Waals surface area contributed by atoms with Gasteiger partial charge in [-0.2, -0.15) is 0 Å². The molecule has 1 atom stereocenters. The smallest absolute Gasteiger partial charge is 0.328 e. The molecule has 7 heteroatoms. The number of aromatic amines is 1. The van der Waals surface area contributed by atoms with Crippen LogP contribution in [0.1, 0.15) is 24.2 Å². The summed E-state index contributed by atoms with van der Waals surface area (Å²) in [5.74, 6) is -0.773. The third-order valence-corrected chi connectivity index (χ3v) is 4.80. The van der Waals surface area contributed by atoms with Crippen molar-refractivity contribution in [1.29, 1.82) is 0 Å². The molecule has 1 amide bonds. The van der Waals surface area contributed by atoms with E-state index in [4.69, 9.17) is 4.74 Å². The van der Waals surface area contributed by atoms with E-state index in [1.807, 2.05) is 12.1 Å². The molecule has 1 unspecified atom stereocenters. The van der Waals surface area contributed by atoms with Crippen LogP contribution in [-0.4, -0.2) is 29.5 Å². The van der Waals surface area contributed by atoms with Crippen LogP contribution < -0.4 is 5.32 Å². The molecule has 2 aromatic rings. The molecular weight excluding hydrogens is 404 g/mol. The molecule has 0 aliphatic rings. The zero-order valence-corrected chi connectivity index (χ0v) is 14.7. The number of H-pyrrole nitrogens is 1. The van der Waals surface area contributed by atoms with Crippen LogP contribution in [0.2, 0.25) is 0 Å². The molecule has 1 aromatic carbocycles. The fourth-order valence-electron chi connectivity index (χ4n) is 1.91. The molecule has 0 fully saturated rings. The summed E-state index contributed by atoms with van der Waals surface area (Å²) in [5, 5.41) is 3.41. The number of ether oxygens (including phenoxy) is 1. The van der Waals surface area contributed by atoms with Crippen LogP contribution in [0.3, 0.4) is 0 Å². The number of halogens is 2. The first-order chi connectivity index (χ1) is 9.93. The summed E-state index contributed by atoms with van der Waals surface area (Å²) in [6.07, 6.45) is 1.62. The second kappa shape index (κ2) is 6.62. The van der Waals surface area contributed by atoms with Crippen molar-refractivity contribution in [2.75, 3.05) is 6.61 Å². The Morgan fingerprint density at radius 3 is 2.67 bits per heavy atom. The molecule has 1 aromatic heterocycles. The minimum Gasteiger partial charge on any atom is -0.464 e. The molecule has 0 bridgehead atoms. The average Bonchev–Trinajstić information content (AvgIpc) is 2.82. The van der Waals surface area contributed by atoms with Crippen molar-refractivity contribution in [3.63, 3.8) is 0 Å². The highest BCUT2D eigenvalue weighted by Crippen LogP contribution is 2.30. The van der Waals surface area contributed by atoms with Gasteiger partial charge in [0, 0.05) is 26.0 Å². The number of rotatable bonds is 4. The van der Waals surface area contributed by atoms with Gasteiger partial charge < -0.3 is 15.0 Å². The van der Waals surface area contributed by atoms with Gasteiger partial charge in [-0.25, -0.2) is 4.79 Å². The maximum Gasteiger partial charge on any atom is 0.328 e. The fraction of sp³-hybridized carbons (Fsp3) is 0.286. The highest BCUT2D eigenvalue weighted by atomic mass is 79.9. The van der Waals surface area contributed by atoms with Crippen LogP contribution >= 0.6 is 31.9 Å². The van der Waals surface area contributed by atoms with Crippen LogP contribution in [0.4, 0.5) is 0 Å². The van der Waals surface area contributed by atoms with Crippen LogP contribution in [0, 0.1) is 0 Å².